The Bertz CT molecular complexity index is 1040. The van der Waals surface area contributed by atoms with Gasteiger partial charge in [-0.25, -0.2) is 13.4 Å². The normalized spacial score (nSPS) is 15.3. The molecule has 2 heterocycles. The topological polar surface area (TPSA) is 51.5 Å². The molecule has 1 aliphatic heterocycles. The number of benzene rings is 2. The summed E-state index contributed by atoms with van der Waals surface area (Å²) in [7, 11) is -3.60. The minimum atomic E-state index is -3.60. The lowest BCUT2D eigenvalue weighted by Crippen LogP contribution is -2.31. The summed E-state index contributed by atoms with van der Waals surface area (Å²) in [5, 5.41) is 0.976. The molecule has 0 bridgehead atoms. The van der Waals surface area contributed by atoms with Crippen LogP contribution in [0.2, 0.25) is 0 Å². The second kappa shape index (κ2) is 6.72. The number of rotatable bonds is 3. The molecule has 0 saturated carbocycles. The van der Waals surface area contributed by atoms with Crippen LogP contribution in [0.15, 0.2) is 64.5 Å². The number of pyridine rings is 1. The quantitative estimate of drug-likeness (QED) is 0.708. The Labute approximate surface area is 154 Å². The van der Waals surface area contributed by atoms with Crippen LogP contribution in [-0.4, -0.2) is 21.5 Å². The summed E-state index contributed by atoms with van der Waals surface area (Å²) in [6, 6.07) is 14.8. The van der Waals surface area contributed by atoms with Gasteiger partial charge in [-0.15, -0.1) is 0 Å². The highest BCUT2D eigenvalue weighted by atomic mass is 32.2. The highest BCUT2D eigenvalue weighted by Gasteiger charge is 2.29. The van der Waals surface area contributed by atoms with Crippen molar-refractivity contribution in [3.8, 4) is 0 Å². The largest absolute Gasteiger partial charge is 0.370 e. The zero-order valence-electron chi connectivity index (χ0n) is 14.9. The van der Waals surface area contributed by atoms with Crippen LogP contribution in [0.1, 0.15) is 24.8 Å². The predicted octanol–water partition coefficient (Wildman–Crippen LogP) is 3.79. The Morgan fingerprint density at radius 3 is 2.42 bits per heavy atom. The predicted molar refractivity (Wildman–Crippen MR) is 103 cm³/mol. The lowest BCUT2D eigenvalue weighted by molar-refractivity contribution is -0.347. The molecule has 3 aromatic rings. The number of anilines is 1. The molecule has 1 N–H and O–H groups in total. The van der Waals surface area contributed by atoms with Crippen LogP contribution in [0.5, 0.6) is 0 Å². The molecule has 5 heteroatoms. The second-order valence-electron chi connectivity index (χ2n) is 6.91. The van der Waals surface area contributed by atoms with Crippen LogP contribution < -0.4 is 9.88 Å². The van der Waals surface area contributed by atoms with Gasteiger partial charge in [0.2, 0.25) is 15.4 Å². The van der Waals surface area contributed by atoms with Crippen LogP contribution in [0.25, 0.3) is 10.9 Å². The number of aromatic nitrogens is 1. The van der Waals surface area contributed by atoms with Gasteiger partial charge in [-0.1, -0.05) is 24.3 Å². The van der Waals surface area contributed by atoms with Crippen molar-refractivity contribution in [3.05, 3.63) is 60.3 Å². The van der Waals surface area contributed by atoms with Gasteiger partial charge in [0.1, 0.15) is 0 Å². The van der Waals surface area contributed by atoms with Gasteiger partial charge in [0, 0.05) is 19.2 Å². The first-order valence-corrected chi connectivity index (χ1v) is 10.6. The van der Waals surface area contributed by atoms with Gasteiger partial charge in [-0.3, -0.25) is 0 Å². The van der Waals surface area contributed by atoms with Crippen LogP contribution >= 0.6 is 0 Å². The molecule has 0 spiro atoms. The molecule has 26 heavy (non-hydrogen) atoms. The molecule has 0 amide bonds. The molecule has 1 aliphatic rings. The van der Waals surface area contributed by atoms with Crippen molar-refractivity contribution in [2.24, 2.45) is 0 Å². The number of fused-ring (bicyclic) bond motifs is 1. The Hall–Kier alpha value is -2.40. The highest BCUT2D eigenvalue weighted by molar-refractivity contribution is 7.91. The molecule has 0 aliphatic carbocycles. The van der Waals surface area contributed by atoms with Crippen molar-refractivity contribution in [3.63, 3.8) is 0 Å². The van der Waals surface area contributed by atoms with E-state index in [-0.39, 0.29) is 0 Å². The third kappa shape index (κ3) is 2.97. The average Bonchev–Trinajstić information content (AvgIpc) is 2.68. The van der Waals surface area contributed by atoms with E-state index in [2.05, 4.69) is 16.0 Å². The second-order valence-corrected chi connectivity index (χ2v) is 8.83. The van der Waals surface area contributed by atoms with E-state index in [4.69, 9.17) is 0 Å². The van der Waals surface area contributed by atoms with Crippen LogP contribution in [0.4, 0.5) is 5.69 Å². The van der Waals surface area contributed by atoms with E-state index < -0.39 is 9.84 Å². The molecule has 2 aromatic carbocycles. The van der Waals surface area contributed by atoms with Crippen LogP contribution in [-0.2, 0) is 9.84 Å². The van der Waals surface area contributed by atoms with Crippen molar-refractivity contribution >= 4 is 26.4 Å². The van der Waals surface area contributed by atoms with Crippen LogP contribution in [0, 0.1) is 6.92 Å². The molecule has 4 nitrogen and oxygen atoms in total. The third-order valence-electron chi connectivity index (χ3n) is 5.04. The minimum Gasteiger partial charge on any atom is -0.370 e. The number of hydrogen-bond acceptors (Lipinski definition) is 3. The van der Waals surface area contributed by atoms with Crippen molar-refractivity contribution in [2.75, 3.05) is 18.0 Å². The van der Waals surface area contributed by atoms with Gasteiger partial charge in [-0.05, 0) is 49.9 Å². The third-order valence-corrected chi connectivity index (χ3v) is 6.82. The Kier molecular flexibility index (Phi) is 4.41. The number of aromatic amines is 1. The van der Waals surface area contributed by atoms with E-state index in [1.54, 1.807) is 30.5 Å². The molecule has 1 fully saturated rings. The van der Waals surface area contributed by atoms with Gasteiger partial charge in [0.15, 0.2) is 11.1 Å². The number of H-pyrrole nitrogens is 1. The Balaban J connectivity index is 2.00. The highest BCUT2D eigenvalue weighted by Crippen LogP contribution is 2.36. The minimum absolute atomic E-state index is 0.332. The lowest BCUT2D eigenvalue weighted by Gasteiger charge is -2.30. The van der Waals surface area contributed by atoms with Gasteiger partial charge in [0.05, 0.1) is 16.0 Å². The maximum absolute atomic E-state index is 13.4. The van der Waals surface area contributed by atoms with Crippen molar-refractivity contribution < 1.29 is 13.4 Å². The number of nitrogens with one attached hydrogen (secondary N) is 1. The van der Waals surface area contributed by atoms with Gasteiger partial charge >= 0.3 is 0 Å². The Morgan fingerprint density at radius 1 is 0.962 bits per heavy atom. The van der Waals surface area contributed by atoms with E-state index in [1.165, 1.54) is 6.42 Å². The van der Waals surface area contributed by atoms with E-state index >= 15 is 0 Å². The van der Waals surface area contributed by atoms with Crippen molar-refractivity contribution in [2.45, 2.75) is 36.0 Å². The summed E-state index contributed by atoms with van der Waals surface area (Å²) in [6.45, 7) is 3.83. The molecule has 0 radical (unpaired) electrons. The first-order chi connectivity index (χ1) is 12.6. The number of piperidine rings is 1. The molecule has 0 unspecified atom stereocenters. The summed E-state index contributed by atoms with van der Waals surface area (Å²) in [6.07, 6.45) is 5.05. The zero-order valence-corrected chi connectivity index (χ0v) is 15.7. The summed E-state index contributed by atoms with van der Waals surface area (Å²) >= 11 is 0. The lowest BCUT2D eigenvalue weighted by atomic mass is 10.1. The number of hydrogen-bond donors (Lipinski definition) is 0. The average molecular weight is 367 g/mol. The van der Waals surface area contributed by atoms with Crippen LogP contribution in [0.3, 0.4) is 0 Å². The molecule has 1 aromatic heterocycles. The van der Waals surface area contributed by atoms with Gasteiger partial charge in [-0.2, -0.15) is 0 Å². The van der Waals surface area contributed by atoms with E-state index in [1.807, 2.05) is 25.1 Å². The fourth-order valence-corrected chi connectivity index (χ4v) is 5.18. The SMILES string of the molecule is Cc1ccc2[nH+]cc(S(=O)(=O)c3ccccc3)c(N3CCCCC3)c2c1. The molecule has 0 atom stereocenters. The first-order valence-electron chi connectivity index (χ1n) is 9.07. The van der Waals surface area contributed by atoms with Gasteiger partial charge < -0.3 is 4.90 Å². The van der Waals surface area contributed by atoms with Gasteiger partial charge in [0.25, 0.3) is 0 Å². The smallest absolute Gasteiger partial charge is 0.214 e. The van der Waals surface area contributed by atoms with E-state index in [0.29, 0.717) is 9.79 Å². The molecule has 134 valence electrons. The fraction of sp³-hybridized carbons (Fsp3) is 0.286. The summed E-state index contributed by atoms with van der Waals surface area (Å²) in [4.78, 5) is 6.14. The van der Waals surface area contributed by atoms with Crippen molar-refractivity contribution in [1.82, 2.24) is 0 Å². The standard InChI is InChI=1S/C21H22N2O2S/c1-16-10-11-19-18(14-16)21(23-12-6-3-7-13-23)20(15-22-19)26(24,25)17-8-4-2-5-9-17/h2,4-5,8-11,14-15H,3,6-7,12-13H2,1H3/p+1. The Morgan fingerprint density at radius 2 is 1.69 bits per heavy atom. The molecular weight excluding hydrogens is 344 g/mol. The summed E-state index contributed by atoms with van der Waals surface area (Å²) in [5.74, 6) is 0. The monoisotopic (exact) mass is 367 g/mol. The van der Waals surface area contributed by atoms with E-state index in [0.717, 1.165) is 48.1 Å². The molecular formula is C21H23N2O2S+. The fourth-order valence-electron chi connectivity index (χ4n) is 3.70. The number of nitrogens with zero attached hydrogens (tertiary/aromatic N) is 1. The molecule has 1 saturated heterocycles. The molecule has 4 rings (SSSR count). The maximum Gasteiger partial charge on any atom is 0.214 e. The number of aryl methyl sites for hydroxylation is 1. The maximum atomic E-state index is 13.4. The first kappa shape index (κ1) is 17.0. The van der Waals surface area contributed by atoms with Crippen molar-refractivity contribution in [1.29, 1.82) is 0 Å². The number of sulfone groups is 1. The summed E-state index contributed by atoms with van der Waals surface area (Å²) < 4.78 is 26.8. The van der Waals surface area contributed by atoms with E-state index in [9.17, 15) is 8.42 Å². The summed E-state index contributed by atoms with van der Waals surface area (Å²) in [5.41, 5.74) is 2.92. The zero-order chi connectivity index (χ0) is 18.1.